The number of likely N-dealkylation sites (tertiary alicyclic amines) is 1. The lowest BCUT2D eigenvalue weighted by Gasteiger charge is -2.23. The molecular formula is C20H21ClF3N3O5S. The Labute approximate surface area is 193 Å². The number of rotatable bonds is 6. The number of sulfone groups is 1. The van der Waals surface area contributed by atoms with Crippen LogP contribution in [0, 0.1) is 11.3 Å². The third kappa shape index (κ3) is 5.19. The lowest BCUT2D eigenvalue weighted by molar-refractivity contribution is -0.189. The Balaban J connectivity index is 1.81. The zero-order valence-corrected chi connectivity index (χ0v) is 19.2. The van der Waals surface area contributed by atoms with Crippen LogP contribution in [0.2, 0.25) is 5.02 Å². The summed E-state index contributed by atoms with van der Waals surface area (Å²) in [6.07, 6.45) is -6.01. The normalized spacial score (nSPS) is 22.9. The van der Waals surface area contributed by atoms with Gasteiger partial charge in [0.1, 0.15) is 17.3 Å². The van der Waals surface area contributed by atoms with E-state index >= 15 is 0 Å². The molecule has 1 saturated carbocycles. The number of alkyl halides is 3. The van der Waals surface area contributed by atoms with Gasteiger partial charge in [0, 0.05) is 19.5 Å². The van der Waals surface area contributed by atoms with Crippen LogP contribution in [0.25, 0.3) is 0 Å². The van der Waals surface area contributed by atoms with Gasteiger partial charge in [-0.3, -0.25) is 9.59 Å². The fourth-order valence-corrected chi connectivity index (χ4v) is 5.80. The van der Waals surface area contributed by atoms with E-state index in [1.807, 2.05) is 6.07 Å². The molecule has 1 aromatic carbocycles. The molecule has 1 saturated heterocycles. The van der Waals surface area contributed by atoms with Gasteiger partial charge in [-0.15, -0.1) is 0 Å². The molecule has 1 aliphatic carbocycles. The predicted octanol–water partition coefficient (Wildman–Crippen LogP) is 2.61. The van der Waals surface area contributed by atoms with E-state index in [0.29, 0.717) is 12.8 Å². The van der Waals surface area contributed by atoms with Crippen molar-refractivity contribution in [1.82, 2.24) is 10.2 Å². The monoisotopic (exact) mass is 507 g/mol. The summed E-state index contributed by atoms with van der Waals surface area (Å²) in [4.78, 5) is 25.5. The number of ether oxygens (including phenoxy) is 1. The minimum absolute atomic E-state index is 0.213. The van der Waals surface area contributed by atoms with Gasteiger partial charge in [-0.25, -0.2) is 8.42 Å². The number of hydrogen-bond donors (Lipinski definition) is 1. The van der Waals surface area contributed by atoms with Gasteiger partial charge in [0.2, 0.25) is 11.8 Å². The molecule has 180 valence electrons. The summed E-state index contributed by atoms with van der Waals surface area (Å²) in [6, 6.07) is 3.99. The Kier molecular flexibility index (Phi) is 6.61. The van der Waals surface area contributed by atoms with Crippen LogP contribution in [0.1, 0.15) is 33.1 Å². The highest BCUT2D eigenvalue weighted by Crippen LogP contribution is 2.37. The minimum Gasteiger partial charge on any atom is -0.481 e. The fourth-order valence-electron chi connectivity index (χ4n) is 3.56. The molecule has 0 spiro atoms. The van der Waals surface area contributed by atoms with E-state index in [4.69, 9.17) is 16.3 Å². The Morgan fingerprint density at radius 1 is 1.36 bits per heavy atom. The van der Waals surface area contributed by atoms with E-state index in [-0.39, 0.29) is 28.6 Å². The van der Waals surface area contributed by atoms with Crippen LogP contribution < -0.4 is 10.1 Å². The lowest BCUT2D eigenvalue weighted by Crippen LogP contribution is -2.48. The number of carbonyl (C=O) groups is 2. The molecule has 0 aromatic heterocycles. The first-order chi connectivity index (χ1) is 15.2. The molecule has 2 aliphatic rings. The molecule has 1 N–H and O–H groups in total. The molecule has 3 atom stereocenters. The number of hydrogen-bond acceptors (Lipinski definition) is 6. The average Bonchev–Trinajstić information content (AvgIpc) is 3.31. The highest BCUT2D eigenvalue weighted by molar-refractivity contribution is 7.92. The molecule has 0 bridgehead atoms. The fraction of sp³-hybridized carbons (Fsp3) is 0.550. The van der Waals surface area contributed by atoms with Gasteiger partial charge in [0.25, 0.3) is 0 Å². The summed E-state index contributed by atoms with van der Waals surface area (Å²) in [6.45, 7) is 1.74. The van der Waals surface area contributed by atoms with Gasteiger partial charge in [0.15, 0.2) is 15.9 Å². The van der Waals surface area contributed by atoms with E-state index in [1.165, 1.54) is 6.92 Å². The molecule has 13 heteroatoms. The van der Waals surface area contributed by atoms with Crippen molar-refractivity contribution < 1.29 is 35.9 Å². The molecule has 1 heterocycles. The van der Waals surface area contributed by atoms with Gasteiger partial charge in [-0.2, -0.15) is 18.4 Å². The molecule has 2 amide bonds. The van der Waals surface area contributed by atoms with Gasteiger partial charge in [0.05, 0.1) is 21.2 Å². The number of nitriles is 1. The highest BCUT2D eigenvalue weighted by Gasteiger charge is 2.50. The second-order valence-electron chi connectivity index (χ2n) is 8.17. The molecule has 0 radical (unpaired) electrons. The molecule has 1 aliphatic heterocycles. The van der Waals surface area contributed by atoms with Crippen molar-refractivity contribution in [2.75, 3.05) is 6.54 Å². The molecule has 1 aromatic rings. The topological polar surface area (TPSA) is 117 Å². The number of amides is 2. The van der Waals surface area contributed by atoms with Crippen LogP contribution in [0.5, 0.6) is 5.75 Å². The standard InChI is InChI=1S/C20H21ClF3N3O5S/c1-11(20(22,23)24)32-13-3-4-17(15(21)7-13)33(30,31)14-8-16(27(9-14)12(2)28)18(29)26-19(10-25)5-6-19/h3-4,7,11,14,16H,5-6,8-9H2,1-2H3,(H,26,29)/t11?,14-,16?/m1/s1. The zero-order valence-electron chi connectivity index (χ0n) is 17.6. The number of nitrogens with zero attached hydrogens (tertiary/aromatic N) is 2. The summed E-state index contributed by atoms with van der Waals surface area (Å²) in [7, 11) is -4.16. The van der Waals surface area contributed by atoms with Crippen LogP contribution in [0.15, 0.2) is 23.1 Å². The van der Waals surface area contributed by atoms with Crippen molar-refractivity contribution in [3.63, 3.8) is 0 Å². The van der Waals surface area contributed by atoms with Crippen LogP contribution in [0.4, 0.5) is 13.2 Å². The summed E-state index contributed by atoms with van der Waals surface area (Å²) < 4.78 is 69.3. The lowest BCUT2D eigenvalue weighted by atomic mass is 10.2. The highest BCUT2D eigenvalue weighted by atomic mass is 35.5. The van der Waals surface area contributed by atoms with Crippen molar-refractivity contribution in [3.05, 3.63) is 23.2 Å². The van der Waals surface area contributed by atoms with Gasteiger partial charge < -0.3 is 15.0 Å². The second-order valence-corrected chi connectivity index (χ2v) is 10.8. The average molecular weight is 508 g/mol. The van der Waals surface area contributed by atoms with Crippen LogP contribution in [-0.2, 0) is 19.4 Å². The maximum atomic E-state index is 13.2. The molecule has 2 unspecified atom stereocenters. The first-order valence-electron chi connectivity index (χ1n) is 9.97. The van der Waals surface area contributed by atoms with E-state index in [2.05, 4.69) is 5.32 Å². The SMILES string of the molecule is CC(=O)N1C[C@H](S(=O)(=O)c2ccc(OC(C)C(F)(F)F)cc2Cl)CC1C(=O)NC1(C#N)CC1. The molecular weight excluding hydrogens is 487 g/mol. The van der Waals surface area contributed by atoms with Gasteiger partial charge in [-0.1, -0.05) is 11.6 Å². The molecule has 33 heavy (non-hydrogen) atoms. The molecule has 3 rings (SSSR count). The number of carbonyl (C=O) groups excluding carboxylic acids is 2. The van der Waals surface area contributed by atoms with E-state index in [9.17, 15) is 36.4 Å². The summed E-state index contributed by atoms with van der Waals surface area (Å²) in [5.41, 5.74) is -0.983. The van der Waals surface area contributed by atoms with Crippen LogP contribution in [-0.4, -0.2) is 60.8 Å². The van der Waals surface area contributed by atoms with Gasteiger partial charge in [-0.05, 0) is 38.3 Å². The third-order valence-corrected chi connectivity index (χ3v) is 8.33. The minimum atomic E-state index is -4.61. The Morgan fingerprint density at radius 3 is 2.48 bits per heavy atom. The third-order valence-electron chi connectivity index (χ3n) is 5.72. The van der Waals surface area contributed by atoms with E-state index in [1.54, 1.807) is 0 Å². The quantitative estimate of drug-likeness (QED) is 0.632. The van der Waals surface area contributed by atoms with Crippen molar-refractivity contribution in [1.29, 1.82) is 5.26 Å². The number of benzene rings is 1. The smallest absolute Gasteiger partial charge is 0.425 e. The van der Waals surface area contributed by atoms with E-state index < -0.39 is 50.8 Å². The van der Waals surface area contributed by atoms with Crippen molar-refractivity contribution in [2.45, 2.75) is 67.1 Å². The van der Waals surface area contributed by atoms with Crippen LogP contribution in [0.3, 0.4) is 0 Å². The summed E-state index contributed by atoms with van der Waals surface area (Å²) in [5, 5.41) is 10.2. The van der Waals surface area contributed by atoms with Gasteiger partial charge >= 0.3 is 6.18 Å². The second kappa shape index (κ2) is 8.68. The Bertz CT molecular complexity index is 1110. The first-order valence-corrected chi connectivity index (χ1v) is 11.9. The zero-order chi connectivity index (χ0) is 24.8. The predicted molar refractivity (Wildman–Crippen MR) is 110 cm³/mol. The van der Waals surface area contributed by atoms with E-state index in [0.717, 1.165) is 30.0 Å². The Hall–Kier alpha value is -2.52. The number of nitrogens with one attached hydrogen (secondary N) is 1. The van der Waals surface area contributed by atoms with Crippen molar-refractivity contribution >= 4 is 33.3 Å². The number of halogens is 4. The Morgan fingerprint density at radius 2 is 2.00 bits per heavy atom. The van der Waals surface area contributed by atoms with Crippen molar-refractivity contribution in [2.24, 2.45) is 0 Å². The molecule has 8 nitrogen and oxygen atoms in total. The maximum absolute atomic E-state index is 13.2. The summed E-state index contributed by atoms with van der Waals surface area (Å²) >= 11 is 6.07. The van der Waals surface area contributed by atoms with Crippen LogP contribution >= 0.6 is 11.6 Å². The maximum Gasteiger partial charge on any atom is 0.425 e. The van der Waals surface area contributed by atoms with Crippen molar-refractivity contribution in [3.8, 4) is 11.8 Å². The largest absolute Gasteiger partial charge is 0.481 e. The molecule has 2 fully saturated rings. The summed E-state index contributed by atoms with van der Waals surface area (Å²) in [5.74, 6) is -1.38. The first kappa shape index (κ1) is 25.1.